The molecule has 4 nitrogen and oxygen atoms in total. The van der Waals surface area contributed by atoms with Gasteiger partial charge in [0.15, 0.2) is 9.84 Å². The maximum absolute atomic E-state index is 12.0. The molecule has 0 spiro atoms. The molecule has 0 saturated heterocycles. The summed E-state index contributed by atoms with van der Waals surface area (Å²) in [7, 11) is -3.36. The van der Waals surface area contributed by atoms with Crippen LogP contribution in [0.1, 0.15) is 110 Å². The Balaban J connectivity index is 3.46. The van der Waals surface area contributed by atoms with Crippen LogP contribution in [-0.2, 0) is 14.6 Å². The van der Waals surface area contributed by atoms with E-state index in [1.807, 2.05) is 0 Å². The molecule has 0 rings (SSSR count). The number of hydrogen-bond acceptors (Lipinski definition) is 3. The third-order valence-corrected chi connectivity index (χ3v) is 7.19. The van der Waals surface area contributed by atoms with Crippen molar-refractivity contribution in [3.8, 4) is 0 Å². The number of amides is 1. The molecule has 0 aromatic carbocycles. The van der Waals surface area contributed by atoms with Crippen LogP contribution in [0.15, 0.2) is 0 Å². The summed E-state index contributed by atoms with van der Waals surface area (Å²) in [5.74, 6) is -0.625. The fraction of sp³-hybridized carbons (Fsp3) is 0.950. The van der Waals surface area contributed by atoms with Crippen LogP contribution in [0.3, 0.4) is 0 Å². The first kappa shape index (κ1) is 24.4. The van der Waals surface area contributed by atoms with Crippen LogP contribution in [0, 0.1) is 0 Å². The van der Waals surface area contributed by atoms with Crippen molar-refractivity contribution in [1.29, 1.82) is 0 Å². The van der Waals surface area contributed by atoms with Crippen molar-refractivity contribution in [2.75, 3.05) is 5.75 Å². The van der Waals surface area contributed by atoms with E-state index in [1.165, 1.54) is 70.6 Å². The molecule has 0 aromatic heterocycles. The van der Waals surface area contributed by atoms with Crippen molar-refractivity contribution < 1.29 is 13.2 Å². The molecule has 0 aromatic rings. The number of primary amides is 1. The lowest BCUT2D eigenvalue weighted by atomic mass is 10.0. The summed E-state index contributed by atoms with van der Waals surface area (Å²) >= 11 is 0. The molecule has 1 atom stereocenters. The Morgan fingerprint density at radius 1 is 0.720 bits per heavy atom. The Hall–Kier alpha value is -0.580. The minimum Gasteiger partial charge on any atom is -0.369 e. The maximum Gasteiger partial charge on any atom is 0.235 e. The van der Waals surface area contributed by atoms with E-state index >= 15 is 0 Å². The van der Waals surface area contributed by atoms with Crippen LogP contribution in [0.5, 0.6) is 0 Å². The van der Waals surface area contributed by atoms with Crippen molar-refractivity contribution in [1.82, 2.24) is 0 Å². The number of hydrogen-bond donors (Lipinski definition) is 1. The van der Waals surface area contributed by atoms with Gasteiger partial charge in [-0.05, 0) is 12.8 Å². The molecule has 0 bridgehead atoms. The highest BCUT2D eigenvalue weighted by atomic mass is 32.2. The number of sulfone groups is 1. The molecule has 25 heavy (non-hydrogen) atoms. The minimum atomic E-state index is -3.36. The molecule has 0 saturated carbocycles. The van der Waals surface area contributed by atoms with Crippen LogP contribution in [0.2, 0.25) is 0 Å². The number of unbranched alkanes of at least 4 members (excludes halogenated alkanes) is 13. The van der Waals surface area contributed by atoms with Crippen LogP contribution < -0.4 is 5.73 Å². The average Bonchev–Trinajstić information content (AvgIpc) is 2.55. The summed E-state index contributed by atoms with van der Waals surface area (Å²) < 4.78 is 24.0. The summed E-state index contributed by atoms with van der Waals surface area (Å²) in [6.45, 7) is 3.94. The standard InChI is InChI=1S/C20H41NO3S/c1-3-5-6-7-8-9-10-11-12-13-14-15-16-17-18-25(23,24)19(4-2)20(21)22/h19H,3-18H2,1-2H3,(H2,21,22). The predicted molar refractivity (Wildman–Crippen MR) is 107 cm³/mol. The van der Waals surface area contributed by atoms with Gasteiger partial charge < -0.3 is 5.73 Å². The van der Waals surface area contributed by atoms with Crippen molar-refractivity contribution in [3.05, 3.63) is 0 Å². The first-order chi connectivity index (χ1) is 12.0. The lowest BCUT2D eigenvalue weighted by molar-refractivity contribution is -0.117. The lowest BCUT2D eigenvalue weighted by Gasteiger charge is -2.12. The monoisotopic (exact) mass is 375 g/mol. The zero-order chi connectivity index (χ0) is 19.0. The Kier molecular flexibility index (Phi) is 15.3. The Morgan fingerprint density at radius 2 is 1.08 bits per heavy atom. The fourth-order valence-corrected chi connectivity index (χ4v) is 5.02. The van der Waals surface area contributed by atoms with Crippen LogP contribution in [-0.4, -0.2) is 25.3 Å². The number of rotatable bonds is 18. The van der Waals surface area contributed by atoms with Gasteiger partial charge in [-0.1, -0.05) is 97.3 Å². The van der Waals surface area contributed by atoms with Crippen molar-refractivity contribution in [2.45, 2.75) is 115 Å². The van der Waals surface area contributed by atoms with Gasteiger partial charge in [-0.3, -0.25) is 4.79 Å². The Bertz CT molecular complexity index is 421. The lowest BCUT2D eigenvalue weighted by Crippen LogP contribution is -2.36. The molecule has 0 fully saturated rings. The van der Waals surface area contributed by atoms with E-state index in [9.17, 15) is 13.2 Å². The maximum atomic E-state index is 12.0. The van der Waals surface area contributed by atoms with Crippen molar-refractivity contribution in [3.63, 3.8) is 0 Å². The van der Waals surface area contributed by atoms with E-state index < -0.39 is 21.0 Å². The second-order valence-corrected chi connectivity index (χ2v) is 9.57. The summed E-state index contributed by atoms with van der Waals surface area (Å²) in [5, 5.41) is -1.01. The second kappa shape index (κ2) is 15.7. The van der Waals surface area contributed by atoms with E-state index in [4.69, 9.17) is 5.73 Å². The number of carbonyl (C=O) groups excluding carboxylic acids is 1. The number of carbonyl (C=O) groups is 1. The average molecular weight is 376 g/mol. The quantitative estimate of drug-likeness (QED) is 0.337. The van der Waals surface area contributed by atoms with Gasteiger partial charge in [-0.15, -0.1) is 0 Å². The van der Waals surface area contributed by atoms with E-state index in [2.05, 4.69) is 6.92 Å². The van der Waals surface area contributed by atoms with Crippen molar-refractivity contribution in [2.24, 2.45) is 5.73 Å². The van der Waals surface area contributed by atoms with Crippen LogP contribution in [0.4, 0.5) is 0 Å². The van der Waals surface area contributed by atoms with Crippen LogP contribution in [0.25, 0.3) is 0 Å². The highest BCUT2D eigenvalue weighted by Gasteiger charge is 2.28. The first-order valence-electron chi connectivity index (χ1n) is 10.5. The summed E-state index contributed by atoms with van der Waals surface area (Å²) in [6, 6.07) is 0. The largest absolute Gasteiger partial charge is 0.369 e. The Labute approximate surface area is 156 Å². The van der Waals surface area contributed by atoms with E-state index in [0.717, 1.165) is 12.8 Å². The third kappa shape index (κ3) is 13.3. The van der Waals surface area contributed by atoms with Crippen LogP contribution >= 0.6 is 0 Å². The molecular weight excluding hydrogens is 334 g/mol. The van der Waals surface area contributed by atoms with Gasteiger partial charge in [0.25, 0.3) is 0 Å². The molecule has 5 heteroatoms. The highest BCUT2D eigenvalue weighted by Crippen LogP contribution is 2.14. The summed E-state index contributed by atoms with van der Waals surface area (Å²) in [5.41, 5.74) is 5.17. The van der Waals surface area contributed by atoms with Gasteiger partial charge in [-0.25, -0.2) is 8.42 Å². The zero-order valence-corrected chi connectivity index (χ0v) is 17.4. The molecule has 1 unspecified atom stereocenters. The zero-order valence-electron chi connectivity index (χ0n) is 16.6. The SMILES string of the molecule is CCCCCCCCCCCCCCCCS(=O)(=O)C(CC)C(N)=O. The Morgan fingerprint density at radius 3 is 1.40 bits per heavy atom. The minimum absolute atomic E-state index is 0.0898. The summed E-state index contributed by atoms with van der Waals surface area (Å²) in [4.78, 5) is 11.2. The summed E-state index contributed by atoms with van der Waals surface area (Å²) in [6.07, 6.45) is 17.6. The molecule has 0 radical (unpaired) electrons. The van der Waals surface area contributed by atoms with E-state index in [-0.39, 0.29) is 12.2 Å². The fourth-order valence-electron chi connectivity index (χ4n) is 3.27. The van der Waals surface area contributed by atoms with Gasteiger partial charge in [-0.2, -0.15) is 0 Å². The molecule has 150 valence electrons. The molecule has 0 heterocycles. The van der Waals surface area contributed by atoms with E-state index in [1.54, 1.807) is 6.92 Å². The molecule has 1 amide bonds. The second-order valence-electron chi connectivity index (χ2n) is 7.26. The predicted octanol–water partition coefficient (Wildman–Crippen LogP) is 5.15. The van der Waals surface area contributed by atoms with Gasteiger partial charge in [0.2, 0.25) is 5.91 Å². The highest BCUT2D eigenvalue weighted by molar-refractivity contribution is 7.92. The van der Waals surface area contributed by atoms with Crippen molar-refractivity contribution >= 4 is 15.7 Å². The molecule has 0 aliphatic heterocycles. The first-order valence-corrected chi connectivity index (χ1v) is 12.2. The molecular formula is C20H41NO3S. The van der Waals surface area contributed by atoms with E-state index in [0.29, 0.717) is 6.42 Å². The third-order valence-electron chi connectivity index (χ3n) is 4.90. The molecule has 0 aliphatic carbocycles. The normalized spacial score (nSPS) is 13.0. The van der Waals surface area contributed by atoms with Gasteiger partial charge in [0.1, 0.15) is 5.25 Å². The van der Waals surface area contributed by atoms with Gasteiger partial charge in [0.05, 0.1) is 5.75 Å². The smallest absolute Gasteiger partial charge is 0.235 e. The number of nitrogens with two attached hydrogens (primary N) is 1. The van der Waals surface area contributed by atoms with Gasteiger partial charge >= 0.3 is 0 Å². The molecule has 0 aliphatic rings. The van der Waals surface area contributed by atoms with Gasteiger partial charge in [0, 0.05) is 0 Å². The molecule has 2 N–H and O–H groups in total. The topological polar surface area (TPSA) is 77.2 Å².